The van der Waals surface area contributed by atoms with Gasteiger partial charge in [0.25, 0.3) is 0 Å². The third kappa shape index (κ3) is 11.1. The zero-order valence-electron chi connectivity index (χ0n) is 23.0. The molecule has 194 valence electrons. The summed E-state index contributed by atoms with van der Waals surface area (Å²) >= 11 is 0. The lowest BCUT2D eigenvalue weighted by molar-refractivity contribution is 0.157. The van der Waals surface area contributed by atoms with Gasteiger partial charge >= 0.3 is 0 Å². The molecule has 0 N–H and O–H groups in total. The monoisotopic (exact) mass is 458 g/mol. The Bertz CT molecular complexity index is 441. The van der Waals surface area contributed by atoms with Crippen LogP contribution in [0.3, 0.4) is 0 Å². The van der Waals surface area contributed by atoms with E-state index in [0.29, 0.717) is 0 Å². The van der Waals surface area contributed by atoms with Crippen LogP contribution in [0, 0.1) is 29.6 Å². The number of unbranched alkanes of at least 4 members (excludes halogenated alkanes) is 9. The highest BCUT2D eigenvalue weighted by atomic mass is 14.4. The Morgan fingerprint density at radius 3 is 1.73 bits per heavy atom. The van der Waals surface area contributed by atoms with Gasteiger partial charge in [-0.2, -0.15) is 0 Å². The minimum absolute atomic E-state index is 1.09. The fourth-order valence-corrected chi connectivity index (χ4v) is 8.22. The van der Waals surface area contributed by atoms with Crippen molar-refractivity contribution < 1.29 is 0 Å². The van der Waals surface area contributed by atoms with E-state index in [4.69, 9.17) is 0 Å². The van der Waals surface area contributed by atoms with Gasteiger partial charge in [-0.15, -0.1) is 0 Å². The van der Waals surface area contributed by atoms with Gasteiger partial charge in [0.2, 0.25) is 0 Å². The normalized spacial score (nSPS) is 26.1. The minimum atomic E-state index is 1.09. The molecule has 0 bridgehead atoms. The average molecular weight is 459 g/mol. The third-order valence-corrected chi connectivity index (χ3v) is 10.3. The molecule has 0 spiro atoms. The Balaban J connectivity index is 1.29. The molecule has 3 aliphatic rings. The molecule has 3 atom stereocenters. The van der Waals surface area contributed by atoms with Crippen LogP contribution in [-0.2, 0) is 0 Å². The van der Waals surface area contributed by atoms with E-state index in [2.05, 4.69) is 6.92 Å². The van der Waals surface area contributed by atoms with E-state index < -0.39 is 0 Å². The van der Waals surface area contributed by atoms with E-state index in [1.807, 2.05) is 0 Å². The van der Waals surface area contributed by atoms with Crippen LogP contribution in [0.4, 0.5) is 0 Å². The Kier molecular flexibility index (Phi) is 14.6. The molecule has 3 unspecified atom stereocenters. The van der Waals surface area contributed by atoms with Gasteiger partial charge < -0.3 is 0 Å². The highest BCUT2D eigenvalue weighted by Crippen LogP contribution is 2.46. The SMILES string of the molecule is CCCCCCCCCCCCC1CCC(C(CCCC2CCCCC2)C2CCCCC2)C1. The molecule has 3 saturated carbocycles. The van der Waals surface area contributed by atoms with Crippen LogP contribution < -0.4 is 0 Å². The van der Waals surface area contributed by atoms with Crippen LogP contribution in [-0.4, -0.2) is 0 Å². The van der Waals surface area contributed by atoms with Crippen LogP contribution in [0.15, 0.2) is 0 Å². The summed E-state index contributed by atoms with van der Waals surface area (Å²) in [5.74, 6) is 5.50. The highest BCUT2D eigenvalue weighted by Gasteiger charge is 2.35. The van der Waals surface area contributed by atoms with Crippen LogP contribution >= 0.6 is 0 Å². The summed E-state index contributed by atoms with van der Waals surface area (Å²) in [5.41, 5.74) is 0. The van der Waals surface area contributed by atoms with Gasteiger partial charge in [0.1, 0.15) is 0 Å². The molecule has 3 rings (SSSR count). The lowest BCUT2D eigenvalue weighted by Gasteiger charge is -2.35. The van der Waals surface area contributed by atoms with Crippen molar-refractivity contribution in [2.24, 2.45) is 29.6 Å². The summed E-state index contributed by atoms with van der Waals surface area (Å²) in [6.45, 7) is 2.32. The number of hydrogen-bond acceptors (Lipinski definition) is 0. The maximum atomic E-state index is 2.32. The topological polar surface area (TPSA) is 0 Å². The van der Waals surface area contributed by atoms with Crippen LogP contribution in [0.5, 0.6) is 0 Å². The Hall–Kier alpha value is 0. The van der Waals surface area contributed by atoms with Crippen molar-refractivity contribution >= 4 is 0 Å². The van der Waals surface area contributed by atoms with E-state index in [-0.39, 0.29) is 0 Å². The summed E-state index contributed by atoms with van der Waals surface area (Å²) in [5, 5.41) is 0. The lowest BCUT2D eigenvalue weighted by Crippen LogP contribution is -2.25. The molecule has 3 fully saturated rings. The number of hydrogen-bond donors (Lipinski definition) is 0. The van der Waals surface area contributed by atoms with E-state index in [1.165, 1.54) is 89.9 Å². The first-order valence-corrected chi connectivity index (χ1v) is 16.4. The lowest BCUT2D eigenvalue weighted by atomic mass is 9.70. The zero-order valence-corrected chi connectivity index (χ0v) is 23.0. The zero-order chi connectivity index (χ0) is 23.0. The first-order chi connectivity index (χ1) is 16.4. The van der Waals surface area contributed by atoms with Crippen LogP contribution in [0.2, 0.25) is 0 Å². The molecule has 0 aliphatic heterocycles. The molecule has 0 aromatic rings. The Morgan fingerprint density at radius 1 is 0.485 bits per heavy atom. The number of rotatable bonds is 17. The van der Waals surface area contributed by atoms with E-state index in [0.717, 1.165) is 29.6 Å². The minimum Gasteiger partial charge on any atom is -0.0654 e. The van der Waals surface area contributed by atoms with E-state index in [9.17, 15) is 0 Å². The van der Waals surface area contributed by atoms with Gasteiger partial charge in [-0.3, -0.25) is 0 Å². The van der Waals surface area contributed by atoms with Gasteiger partial charge in [-0.1, -0.05) is 161 Å². The molecule has 0 amide bonds. The van der Waals surface area contributed by atoms with Crippen molar-refractivity contribution in [3.63, 3.8) is 0 Å². The van der Waals surface area contributed by atoms with Crippen molar-refractivity contribution in [2.45, 2.75) is 180 Å². The van der Waals surface area contributed by atoms with Gasteiger partial charge in [0.05, 0.1) is 0 Å². The largest absolute Gasteiger partial charge is 0.0654 e. The first kappa shape index (κ1) is 27.6. The average Bonchev–Trinajstić information content (AvgIpc) is 3.33. The summed E-state index contributed by atoms with van der Waals surface area (Å²) in [4.78, 5) is 0. The molecule has 0 saturated heterocycles. The van der Waals surface area contributed by atoms with Gasteiger partial charge in [-0.05, 0) is 48.9 Å². The maximum absolute atomic E-state index is 2.32. The van der Waals surface area contributed by atoms with Crippen molar-refractivity contribution in [1.29, 1.82) is 0 Å². The Labute approximate surface area is 209 Å². The van der Waals surface area contributed by atoms with Crippen molar-refractivity contribution in [3.8, 4) is 0 Å². The molecule has 0 radical (unpaired) electrons. The standard InChI is InChI=1S/C33H62/c1-2-3-4-5-6-7-8-9-10-13-21-30-26-27-32(28-30)33(31-23-16-12-17-24-31)25-18-22-29-19-14-11-15-20-29/h29-33H,2-28H2,1H3. The smallest absolute Gasteiger partial charge is 0.0357 e. The molecule has 0 nitrogen and oxygen atoms in total. The van der Waals surface area contributed by atoms with Crippen LogP contribution in [0.25, 0.3) is 0 Å². The fourth-order valence-electron chi connectivity index (χ4n) is 8.22. The predicted octanol–water partition coefficient (Wildman–Crippen LogP) is 11.7. The second-order valence-electron chi connectivity index (χ2n) is 12.9. The van der Waals surface area contributed by atoms with Crippen molar-refractivity contribution in [2.75, 3.05) is 0 Å². The molecule has 0 aromatic carbocycles. The van der Waals surface area contributed by atoms with Gasteiger partial charge in [0, 0.05) is 0 Å². The summed E-state index contributed by atoms with van der Waals surface area (Å²) in [6, 6.07) is 0. The van der Waals surface area contributed by atoms with Gasteiger partial charge in [-0.25, -0.2) is 0 Å². The summed E-state index contributed by atoms with van der Waals surface area (Å²) in [6.07, 6.45) is 41.3. The summed E-state index contributed by atoms with van der Waals surface area (Å²) in [7, 11) is 0. The second kappa shape index (κ2) is 17.4. The van der Waals surface area contributed by atoms with E-state index in [1.54, 1.807) is 83.5 Å². The molecule has 3 aliphatic carbocycles. The van der Waals surface area contributed by atoms with Crippen LogP contribution in [0.1, 0.15) is 180 Å². The second-order valence-corrected chi connectivity index (χ2v) is 12.9. The molecular weight excluding hydrogens is 396 g/mol. The quantitative estimate of drug-likeness (QED) is 0.190. The molecule has 0 heterocycles. The molecular formula is C33H62. The predicted molar refractivity (Wildman–Crippen MR) is 148 cm³/mol. The molecule has 0 heteroatoms. The van der Waals surface area contributed by atoms with E-state index >= 15 is 0 Å². The maximum Gasteiger partial charge on any atom is -0.0357 e. The third-order valence-electron chi connectivity index (χ3n) is 10.3. The van der Waals surface area contributed by atoms with Crippen molar-refractivity contribution in [3.05, 3.63) is 0 Å². The molecule has 33 heavy (non-hydrogen) atoms. The van der Waals surface area contributed by atoms with Gasteiger partial charge in [0.15, 0.2) is 0 Å². The van der Waals surface area contributed by atoms with Crippen molar-refractivity contribution in [1.82, 2.24) is 0 Å². The Morgan fingerprint density at radius 2 is 1.06 bits per heavy atom. The summed E-state index contributed by atoms with van der Waals surface area (Å²) < 4.78 is 0. The molecule has 0 aromatic heterocycles. The fraction of sp³-hybridized carbons (Fsp3) is 1.00. The highest BCUT2D eigenvalue weighted by molar-refractivity contribution is 4.86. The first-order valence-electron chi connectivity index (χ1n) is 16.4.